The highest BCUT2D eigenvalue weighted by molar-refractivity contribution is 5.64. The van der Waals surface area contributed by atoms with E-state index in [0.717, 1.165) is 17.2 Å². The van der Waals surface area contributed by atoms with Gasteiger partial charge in [-0.3, -0.25) is 9.89 Å². The number of ether oxygens (including phenoxy) is 8. The fourth-order valence-corrected chi connectivity index (χ4v) is 6.57. The number of nitrogens with one attached hydrogen (secondary N) is 2. The van der Waals surface area contributed by atoms with Gasteiger partial charge in [-0.2, -0.15) is 5.10 Å². The van der Waals surface area contributed by atoms with Crippen LogP contribution in [0.5, 0.6) is 5.75 Å². The normalized spacial score (nSPS) is 20.4. The molecular weight excluding hydrogens is 775 g/mol. The number of aromatic nitrogens is 4. The molecule has 0 unspecified atom stereocenters. The zero-order valence-electron chi connectivity index (χ0n) is 32.2. The molecule has 3 aromatic rings. The van der Waals surface area contributed by atoms with Gasteiger partial charge in [0.25, 0.3) is 0 Å². The van der Waals surface area contributed by atoms with Crippen molar-refractivity contribution in [2.24, 2.45) is 11.8 Å². The molecule has 2 fully saturated rings. The Hall–Kier alpha value is -3.58. The summed E-state index contributed by atoms with van der Waals surface area (Å²) in [7, 11) is 0. The van der Waals surface area contributed by atoms with E-state index in [4.69, 9.17) is 33.2 Å². The molecule has 2 bridgehead atoms. The van der Waals surface area contributed by atoms with Gasteiger partial charge >= 0.3 is 6.36 Å². The molecule has 2 aromatic heterocycles. The molecule has 5 rings (SSSR count). The Morgan fingerprint density at radius 1 is 0.741 bits per heavy atom. The molecular formula is C37H54F3N7O11. The molecule has 1 aromatic carbocycles. The number of halogens is 3. The van der Waals surface area contributed by atoms with Gasteiger partial charge in [0.1, 0.15) is 17.9 Å². The Balaban J connectivity index is 0.753. The molecule has 2 heterocycles. The molecule has 18 nitrogen and oxygen atoms in total. The third-order valence-electron chi connectivity index (χ3n) is 9.37. The van der Waals surface area contributed by atoms with Crippen LogP contribution < -0.4 is 15.5 Å². The first-order valence-corrected chi connectivity index (χ1v) is 19.3. The SMILES string of the molecule is O[C@H]1[C@H]2C[C@@H]([C@H]1O)[C@@H](N(O)NCCOCCOCCOCCOCCOCCOCCOCCn1cc(-c3cc(Nc4ccc(OC(F)(F)F)cc4)ncn3)cn1)C2. The van der Waals surface area contributed by atoms with E-state index >= 15 is 0 Å². The molecule has 0 amide bonds. The summed E-state index contributed by atoms with van der Waals surface area (Å²) in [4.78, 5) is 8.46. The van der Waals surface area contributed by atoms with Crippen LogP contribution >= 0.6 is 0 Å². The van der Waals surface area contributed by atoms with E-state index in [1.54, 1.807) is 16.9 Å². The maximum atomic E-state index is 12.4. The largest absolute Gasteiger partial charge is 0.573 e. The number of nitrogens with zero attached hydrogens (tertiary/aromatic N) is 5. The average molecular weight is 830 g/mol. The van der Waals surface area contributed by atoms with Crippen LogP contribution in [0.2, 0.25) is 0 Å². The van der Waals surface area contributed by atoms with Crippen molar-refractivity contribution in [2.75, 3.05) is 104 Å². The number of hydrazine groups is 1. The minimum Gasteiger partial charge on any atom is -0.406 e. The number of hydrogen-bond acceptors (Lipinski definition) is 17. The number of aliphatic hydroxyl groups excluding tert-OH is 2. The van der Waals surface area contributed by atoms with E-state index in [-0.39, 0.29) is 23.6 Å². The fourth-order valence-electron chi connectivity index (χ4n) is 6.57. The van der Waals surface area contributed by atoms with Crippen molar-refractivity contribution in [3.05, 3.63) is 49.1 Å². The molecule has 0 aliphatic heterocycles. The van der Waals surface area contributed by atoms with Gasteiger partial charge in [0.15, 0.2) is 0 Å². The van der Waals surface area contributed by atoms with Gasteiger partial charge in [-0.25, -0.2) is 15.4 Å². The molecule has 0 spiro atoms. The molecule has 21 heteroatoms. The number of hydrogen-bond donors (Lipinski definition) is 5. The number of anilines is 2. The molecule has 5 atom stereocenters. The van der Waals surface area contributed by atoms with Gasteiger partial charge in [-0.05, 0) is 43.0 Å². The molecule has 0 radical (unpaired) electrons. The highest BCUT2D eigenvalue weighted by Crippen LogP contribution is 2.46. The van der Waals surface area contributed by atoms with E-state index < -0.39 is 18.6 Å². The van der Waals surface area contributed by atoms with Crippen LogP contribution in [0.4, 0.5) is 24.7 Å². The van der Waals surface area contributed by atoms with Crippen LogP contribution in [-0.2, 0) is 39.7 Å². The lowest BCUT2D eigenvalue weighted by molar-refractivity contribution is -0.274. The Morgan fingerprint density at radius 2 is 1.31 bits per heavy atom. The first kappa shape index (κ1) is 45.5. The number of rotatable bonds is 30. The predicted molar refractivity (Wildman–Crippen MR) is 199 cm³/mol. The number of fused-ring (bicyclic) bond motifs is 2. The number of benzene rings is 1. The summed E-state index contributed by atoms with van der Waals surface area (Å²) < 4.78 is 81.5. The Kier molecular flexibility index (Phi) is 19.2. The molecule has 5 N–H and O–H groups in total. The van der Waals surface area contributed by atoms with E-state index in [9.17, 15) is 28.6 Å². The summed E-state index contributed by atoms with van der Waals surface area (Å²) in [5.74, 6) is 0.0572. The number of hydroxylamine groups is 1. The summed E-state index contributed by atoms with van der Waals surface area (Å²) in [6.07, 6.45) is 0.0460. The summed E-state index contributed by atoms with van der Waals surface area (Å²) in [5.41, 5.74) is 4.79. The minimum absolute atomic E-state index is 0.0387. The zero-order valence-corrected chi connectivity index (χ0v) is 32.2. The summed E-state index contributed by atoms with van der Waals surface area (Å²) in [6.45, 7) is 7.00. The molecule has 2 aliphatic carbocycles. The molecule has 2 aliphatic rings. The molecule has 324 valence electrons. The molecule has 2 saturated carbocycles. The second-order valence-corrected chi connectivity index (χ2v) is 13.5. The quantitative estimate of drug-likeness (QED) is 0.0484. The van der Waals surface area contributed by atoms with Gasteiger partial charge in [0, 0.05) is 36.0 Å². The number of aliphatic hydroxyl groups is 2. The second kappa shape index (κ2) is 24.5. The lowest BCUT2D eigenvalue weighted by Crippen LogP contribution is -2.52. The van der Waals surface area contributed by atoms with E-state index in [0.29, 0.717) is 129 Å². The second-order valence-electron chi connectivity index (χ2n) is 13.5. The van der Waals surface area contributed by atoms with Gasteiger partial charge in [-0.1, -0.05) is 0 Å². The lowest BCUT2D eigenvalue weighted by Gasteiger charge is -2.34. The summed E-state index contributed by atoms with van der Waals surface area (Å²) in [5, 5.41) is 38.6. The fraction of sp³-hybridized carbons (Fsp3) is 0.649. The average Bonchev–Trinajstić information content (AvgIpc) is 3.93. The molecule has 58 heavy (non-hydrogen) atoms. The van der Waals surface area contributed by atoms with Crippen LogP contribution in [0, 0.1) is 11.8 Å². The van der Waals surface area contributed by atoms with Gasteiger partial charge in [-0.15, -0.1) is 18.3 Å². The zero-order chi connectivity index (χ0) is 41.0. The summed E-state index contributed by atoms with van der Waals surface area (Å²) in [6, 6.07) is 6.83. The van der Waals surface area contributed by atoms with Crippen LogP contribution in [0.3, 0.4) is 0 Å². The van der Waals surface area contributed by atoms with Crippen molar-refractivity contribution < 1.29 is 66.5 Å². The van der Waals surface area contributed by atoms with Crippen molar-refractivity contribution in [1.82, 2.24) is 30.3 Å². The maximum absolute atomic E-state index is 12.4. The van der Waals surface area contributed by atoms with Gasteiger partial charge in [0.2, 0.25) is 0 Å². The number of alkyl halides is 3. The Labute approximate surface area is 334 Å². The monoisotopic (exact) mass is 829 g/mol. The van der Waals surface area contributed by atoms with E-state index in [1.165, 1.54) is 30.6 Å². The van der Waals surface area contributed by atoms with Crippen LogP contribution in [0.25, 0.3) is 11.3 Å². The van der Waals surface area contributed by atoms with Crippen molar-refractivity contribution in [3.8, 4) is 17.0 Å². The highest BCUT2D eigenvalue weighted by atomic mass is 19.4. The Bertz CT molecular complexity index is 1580. The van der Waals surface area contributed by atoms with Crippen molar-refractivity contribution >= 4 is 11.5 Å². The maximum Gasteiger partial charge on any atom is 0.573 e. The van der Waals surface area contributed by atoms with Crippen LogP contribution in [0.15, 0.2) is 49.1 Å². The first-order valence-electron chi connectivity index (χ1n) is 19.3. The third kappa shape index (κ3) is 15.9. The van der Waals surface area contributed by atoms with Crippen LogP contribution in [0.1, 0.15) is 12.8 Å². The van der Waals surface area contributed by atoms with Gasteiger partial charge in [0.05, 0.1) is 129 Å². The van der Waals surface area contributed by atoms with Crippen molar-refractivity contribution in [1.29, 1.82) is 0 Å². The van der Waals surface area contributed by atoms with E-state index in [2.05, 4.69) is 30.5 Å². The highest BCUT2D eigenvalue weighted by Gasteiger charge is 2.53. The van der Waals surface area contributed by atoms with Crippen molar-refractivity contribution in [3.63, 3.8) is 0 Å². The topological polar surface area (TPSA) is 205 Å². The first-order chi connectivity index (χ1) is 28.2. The predicted octanol–water partition coefficient (Wildman–Crippen LogP) is 2.42. The van der Waals surface area contributed by atoms with Crippen LogP contribution in [-0.4, -0.2) is 164 Å². The van der Waals surface area contributed by atoms with Crippen molar-refractivity contribution in [2.45, 2.75) is 44.0 Å². The Morgan fingerprint density at radius 3 is 1.86 bits per heavy atom. The summed E-state index contributed by atoms with van der Waals surface area (Å²) >= 11 is 0. The lowest BCUT2D eigenvalue weighted by atomic mass is 9.91. The smallest absolute Gasteiger partial charge is 0.406 e. The minimum atomic E-state index is -4.75. The standard InChI is InChI=1S/C37H54F3N7O11/c38-37(39,40)58-30-3-1-29(2-4-30)45-34-23-32(41-26-42-34)28-24-44-46(25-28)6-8-52-10-12-54-14-16-56-18-20-57-19-17-55-15-13-53-11-9-51-7-5-43-47(50)33-22-27-21-31(33)36(49)35(27)48/h1-4,23-27,31,33,35-36,43,48-50H,5-22H2,(H,41,42,45)/t27-,31+,33-,35-,36+/m0/s1. The van der Waals surface area contributed by atoms with E-state index in [1.807, 2.05) is 6.20 Å². The molecule has 0 saturated heterocycles. The third-order valence-corrected chi connectivity index (χ3v) is 9.37. The van der Waals surface area contributed by atoms with Gasteiger partial charge < -0.3 is 53.4 Å².